The molecule has 0 fully saturated rings. The highest BCUT2D eigenvalue weighted by molar-refractivity contribution is 5.52. The monoisotopic (exact) mass is 177 g/mol. The summed E-state index contributed by atoms with van der Waals surface area (Å²) in [5.74, 6) is 5.96. The Morgan fingerprint density at radius 2 is 2.23 bits per heavy atom. The molecule has 0 radical (unpaired) electrons. The molecule has 0 saturated carbocycles. The van der Waals surface area contributed by atoms with Crippen LogP contribution in [0.5, 0.6) is 5.75 Å². The molecular formula is C10H11NO2. The summed E-state index contributed by atoms with van der Waals surface area (Å²) in [6.45, 7) is -0.156. The summed E-state index contributed by atoms with van der Waals surface area (Å²) in [4.78, 5) is 0. The van der Waals surface area contributed by atoms with E-state index in [0.29, 0.717) is 11.4 Å². The third-order valence-electron chi connectivity index (χ3n) is 1.48. The van der Waals surface area contributed by atoms with E-state index in [1.807, 2.05) is 0 Å². The van der Waals surface area contributed by atoms with E-state index in [1.165, 1.54) is 0 Å². The molecule has 3 N–H and O–H groups in total. The van der Waals surface area contributed by atoms with Gasteiger partial charge in [0.15, 0.2) is 0 Å². The van der Waals surface area contributed by atoms with Gasteiger partial charge in [-0.25, -0.2) is 0 Å². The number of hydrogen-bond donors (Lipinski definition) is 2. The second-order valence-electron chi connectivity index (χ2n) is 2.45. The minimum Gasteiger partial charge on any atom is -0.497 e. The van der Waals surface area contributed by atoms with Crippen molar-refractivity contribution in [2.75, 3.05) is 19.5 Å². The fraction of sp³-hybridized carbons (Fsp3) is 0.200. The summed E-state index contributed by atoms with van der Waals surface area (Å²) in [6.07, 6.45) is 0. The molecule has 1 aromatic rings. The largest absolute Gasteiger partial charge is 0.497 e. The normalized spacial score (nSPS) is 8.77. The average Bonchev–Trinajstić information content (AvgIpc) is 2.14. The Morgan fingerprint density at radius 3 is 2.85 bits per heavy atom. The highest BCUT2D eigenvalue weighted by Crippen LogP contribution is 2.17. The van der Waals surface area contributed by atoms with Gasteiger partial charge in [0.05, 0.1) is 7.11 Å². The Kier molecular flexibility index (Phi) is 3.18. The molecule has 0 aliphatic carbocycles. The van der Waals surface area contributed by atoms with Crippen LogP contribution in [0.4, 0.5) is 5.69 Å². The Balaban J connectivity index is 3.01. The van der Waals surface area contributed by atoms with Gasteiger partial charge in [-0.15, -0.1) is 0 Å². The molecule has 3 heteroatoms. The minimum atomic E-state index is -0.156. The van der Waals surface area contributed by atoms with Gasteiger partial charge in [0.2, 0.25) is 0 Å². The molecule has 0 aromatic heterocycles. The van der Waals surface area contributed by atoms with Crippen LogP contribution in [0.15, 0.2) is 18.2 Å². The van der Waals surface area contributed by atoms with Gasteiger partial charge in [0, 0.05) is 17.3 Å². The SMILES string of the molecule is COc1cc(N)cc(C#CCO)c1. The third-order valence-corrected chi connectivity index (χ3v) is 1.48. The smallest absolute Gasteiger partial charge is 0.122 e. The minimum absolute atomic E-state index is 0.156. The van der Waals surface area contributed by atoms with Gasteiger partial charge in [0.1, 0.15) is 12.4 Å². The molecule has 1 aromatic carbocycles. The van der Waals surface area contributed by atoms with Crippen molar-refractivity contribution in [1.29, 1.82) is 0 Å². The highest BCUT2D eigenvalue weighted by atomic mass is 16.5. The molecule has 1 rings (SSSR count). The molecular weight excluding hydrogens is 166 g/mol. The zero-order valence-electron chi connectivity index (χ0n) is 7.37. The van der Waals surface area contributed by atoms with Crippen LogP contribution < -0.4 is 10.5 Å². The van der Waals surface area contributed by atoms with E-state index in [1.54, 1.807) is 25.3 Å². The van der Waals surface area contributed by atoms with Crippen LogP contribution in [0.3, 0.4) is 0 Å². The van der Waals surface area contributed by atoms with Crippen LogP contribution in [-0.2, 0) is 0 Å². The topological polar surface area (TPSA) is 55.5 Å². The van der Waals surface area contributed by atoms with Crippen molar-refractivity contribution in [2.45, 2.75) is 0 Å². The first-order valence-corrected chi connectivity index (χ1v) is 3.80. The van der Waals surface area contributed by atoms with E-state index in [9.17, 15) is 0 Å². The maximum Gasteiger partial charge on any atom is 0.122 e. The predicted molar refractivity (Wildman–Crippen MR) is 51.4 cm³/mol. The first kappa shape index (κ1) is 9.43. The molecule has 3 nitrogen and oxygen atoms in total. The molecule has 0 spiro atoms. The number of ether oxygens (including phenoxy) is 1. The molecule has 68 valence electrons. The summed E-state index contributed by atoms with van der Waals surface area (Å²) in [5, 5.41) is 8.49. The van der Waals surface area contributed by atoms with Gasteiger partial charge in [-0.05, 0) is 12.1 Å². The molecule has 0 saturated heterocycles. The number of rotatable bonds is 1. The van der Waals surface area contributed by atoms with Gasteiger partial charge < -0.3 is 15.6 Å². The van der Waals surface area contributed by atoms with Crippen molar-refractivity contribution in [3.05, 3.63) is 23.8 Å². The van der Waals surface area contributed by atoms with Crippen molar-refractivity contribution in [3.63, 3.8) is 0 Å². The van der Waals surface area contributed by atoms with Crippen LogP contribution in [0.1, 0.15) is 5.56 Å². The van der Waals surface area contributed by atoms with Crippen LogP contribution in [0, 0.1) is 11.8 Å². The van der Waals surface area contributed by atoms with Crippen molar-refractivity contribution in [1.82, 2.24) is 0 Å². The van der Waals surface area contributed by atoms with Gasteiger partial charge in [-0.1, -0.05) is 11.8 Å². The van der Waals surface area contributed by atoms with E-state index in [4.69, 9.17) is 15.6 Å². The molecule has 0 unspecified atom stereocenters. The molecule has 0 heterocycles. The van der Waals surface area contributed by atoms with E-state index >= 15 is 0 Å². The van der Waals surface area contributed by atoms with Crippen LogP contribution in [-0.4, -0.2) is 18.8 Å². The van der Waals surface area contributed by atoms with Crippen LogP contribution in [0.2, 0.25) is 0 Å². The lowest BCUT2D eigenvalue weighted by atomic mass is 10.2. The van der Waals surface area contributed by atoms with Crippen molar-refractivity contribution >= 4 is 5.69 Å². The molecule has 0 aliphatic heterocycles. The lowest BCUT2D eigenvalue weighted by Crippen LogP contribution is -1.90. The lowest BCUT2D eigenvalue weighted by Gasteiger charge is -2.01. The number of methoxy groups -OCH3 is 1. The van der Waals surface area contributed by atoms with Crippen molar-refractivity contribution in [3.8, 4) is 17.6 Å². The number of benzene rings is 1. The van der Waals surface area contributed by atoms with E-state index in [-0.39, 0.29) is 6.61 Å². The van der Waals surface area contributed by atoms with Gasteiger partial charge >= 0.3 is 0 Å². The summed E-state index contributed by atoms with van der Waals surface area (Å²) in [5.41, 5.74) is 6.94. The maximum absolute atomic E-state index is 8.49. The van der Waals surface area contributed by atoms with Crippen molar-refractivity contribution < 1.29 is 9.84 Å². The number of anilines is 1. The second kappa shape index (κ2) is 4.39. The zero-order valence-corrected chi connectivity index (χ0v) is 7.37. The molecule has 0 amide bonds. The standard InChI is InChI=1S/C10H11NO2/c1-13-10-6-8(3-2-4-12)5-9(11)7-10/h5-7,12H,4,11H2,1H3. The summed E-state index contributed by atoms with van der Waals surface area (Å²) >= 11 is 0. The summed E-state index contributed by atoms with van der Waals surface area (Å²) in [6, 6.07) is 5.20. The number of hydrogen-bond acceptors (Lipinski definition) is 3. The number of nitrogens with two attached hydrogens (primary N) is 1. The first-order valence-electron chi connectivity index (χ1n) is 3.80. The van der Waals surface area contributed by atoms with Gasteiger partial charge in [0.25, 0.3) is 0 Å². The molecule has 0 aliphatic rings. The zero-order chi connectivity index (χ0) is 9.68. The Hall–Kier alpha value is -1.66. The summed E-state index contributed by atoms with van der Waals surface area (Å²) < 4.78 is 5.01. The molecule has 0 atom stereocenters. The quantitative estimate of drug-likeness (QED) is 0.488. The fourth-order valence-corrected chi connectivity index (χ4v) is 0.954. The lowest BCUT2D eigenvalue weighted by molar-refractivity contribution is 0.350. The van der Waals surface area contributed by atoms with Crippen LogP contribution in [0.25, 0.3) is 0 Å². The molecule has 13 heavy (non-hydrogen) atoms. The predicted octanol–water partition coefficient (Wildman–Crippen LogP) is 0.621. The average molecular weight is 177 g/mol. The highest BCUT2D eigenvalue weighted by Gasteiger charge is 1.95. The van der Waals surface area contributed by atoms with Crippen LogP contribution >= 0.6 is 0 Å². The summed E-state index contributed by atoms with van der Waals surface area (Å²) in [7, 11) is 1.57. The Labute approximate surface area is 77.1 Å². The fourth-order valence-electron chi connectivity index (χ4n) is 0.954. The maximum atomic E-state index is 8.49. The van der Waals surface area contributed by atoms with Gasteiger partial charge in [-0.2, -0.15) is 0 Å². The Bertz CT molecular complexity index is 350. The van der Waals surface area contributed by atoms with E-state index in [0.717, 1.165) is 5.56 Å². The number of aliphatic hydroxyl groups excluding tert-OH is 1. The van der Waals surface area contributed by atoms with E-state index in [2.05, 4.69) is 11.8 Å². The number of aliphatic hydroxyl groups is 1. The molecule has 0 bridgehead atoms. The third kappa shape index (κ3) is 2.69. The van der Waals surface area contributed by atoms with E-state index < -0.39 is 0 Å². The van der Waals surface area contributed by atoms with Gasteiger partial charge in [-0.3, -0.25) is 0 Å². The number of nitrogen functional groups attached to an aromatic ring is 1. The Morgan fingerprint density at radius 1 is 1.46 bits per heavy atom. The first-order chi connectivity index (χ1) is 6.26. The second-order valence-corrected chi connectivity index (χ2v) is 2.45. The van der Waals surface area contributed by atoms with Crippen molar-refractivity contribution in [2.24, 2.45) is 0 Å².